The van der Waals surface area contributed by atoms with Crippen molar-refractivity contribution in [2.75, 3.05) is 14.7 Å². The summed E-state index contributed by atoms with van der Waals surface area (Å²) in [5, 5.41) is 7.69. The van der Waals surface area contributed by atoms with E-state index in [0.717, 1.165) is 71.0 Å². The number of benzene rings is 19. The van der Waals surface area contributed by atoms with E-state index in [2.05, 4.69) is 470 Å². The Bertz CT molecular complexity index is 8590. The van der Waals surface area contributed by atoms with Crippen molar-refractivity contribution in [3.8, 4) is 72.4 Å². The van der Waals surface area contributed by atoms with Crippen molar-refractivity contribution in [1.82, 2.24) is 4.57 Å². The molecule has 20 aromatic rings. The van der Waals surface area contributed by atoms with Crippen LogP contribution in [0.3, 0.4) is 0 Å². The second-order valence-corrected chi connectivity index (χ2v) is 46.9. The lowest BCUT2D eigenvalue weighted by atomic mass is 9.43. The van der Waals surface area contributed by atoms with Gasteiger partial charge < -0.3 is 19.3 Å². The smallest absolute Gasteiger partial charge is 0.0543 e. The topological polar surface area (TPSA) is 14.7 Å². The van der Waals surface area contributed by atoms with Crippen LogP contribution in [0.5, 0.6) is 0 Å². The number of hydrogen-bond acceptors (Lipinski definition) is 3. The van der Waals surface area contributed by atoms with Gasteiger partial charge in [-0.25, -0.2) is 0 Å². The standard InChI is InChI=1S/C55H46N2.2C44H37N/c1-54(2)46-19-7-3-15-41(46)42-26-25-40(33-49(42)54)56(38-13-11-14-39(32-38)57-50-22-9-5-16-43(50)44-17-6-10-23-51(44)57)52-24-12-21-48-53(52)45-18-4-8-20-47(45)55(48)36-28-34-27-35(30-36)31-37(55)29-34;1-3-12-31(13-4-1)35-22-23-41(37-17-8-7-16-36(35)37)45(34-14-5-2-6-15-34)42-21-11-20-40-43(42)38-18-9-10-19-39(38)44(40)32-25-29-24-30(27-32)28-33(44)26-29;1-2-13-37(14-3-1)45(38-15-8-12-33(28-38)34-21-20-31-10-4-5-11-32(31)27-34)42-19-9-18-41-43(42)39-16-6-7-17-40(39)44(41)35-23-29-22-30(25-35)26-36(44)24-29/h3-26,32-37H,27-31H2,1-2H3;1-23,29-30,32-33H,24-28H2;1-21,27-30,35-36H,22-26H2. The van der Waals surface area contributed by atoms with Gasteiger partial charge in [0.05, 0.1) is 33.8 Å². The van der Waals surface area contributed by atoms with Crippen LogP contribution in [0, 0.1) is 71.0 Å². The van der Waals surface area contributed by atoms with Gasteiger partial charge in [-0.2, -0.15) is 0 Å². The van der Waals surface area contributed by atoms with Gasteiger partial charge in [-0.15, -0.1) is 0 Å². The van der Waals surface area contributed by atoms with Crippen LogP contribution in [0.2, 0.25) is 0 Å². The lowest BCUT2D eigenvalue weighted by Crippen LogP contribution is -2.55. The molecule has 4 nitrogen and oxygen atoms in total. The first kappa shape index (κ1) is 86.2. The van der Waals surface area contributed by atoms with E-state index in [-0.39, 0.29) is 21.7 Å². The van der Waals surface area contributed by atoms with E-state index in [9.17, 15) is 0 Å². The fourth-order valence-corrected chi connectivity index (χ4v) is 34.9. The van der Waals surface area contributed by atoms with Crippen LogP contribution in [-0.2, 0) is 21.7 Å². The predicted octanol–water partition coefficient (Wildman–Crippen LogP) is 37.7. The summed E-state index contributed by atoms with van der Waals surface area (Å²) in [4.78, 5) is 7.69. The van der Waals surface area contributed by atoms with Gasteiger partial charge in [-0.3, -0.25) is 0 Å². The maximum atomic E-state index is 2.61. The second-order valence-electron chi connectivity index (χ2n) is 46.9. The van der Waals surface area contributed by atoms with E-state index in [1.807, 2.05) is 0 Å². The van der Waals surface area contributed by atoms with Gasteiger partial charge >= 0.3 is 0 Å². The lowest BCUT2D eigenvalue weighted by molar-refractivity contribution is -0.0399. The molecule has 0 aliphatic heterocycles. The molecule has 4 heteroatoms. The molecule has 3 spiro atoms. The van der Waals surface area contributed by atoms with E-state index in [4.69, 9.17) is 0 Å². The molecule has 16 aliphatic carbocycles. The van der Waals surface area contributed by atoms with Crippen molar-refractivity contribution >= 4 is 94.5 Å². The molecule has 1 aromatic heterocycles. The summed E-state index contributed by atoms with van der Waals surface area (Å²) < 4.78 is 2.46. The zero-order chi connectivity index (χ0) is 96.7. The fourth-order valence-electron chi connectivity index (χ4n) is 34.9. The summed E-state index contributed by atoms with van der Waals surface area (Å²) in [6.07, 6.45) is 21.2. The van der Waals surface area contributed by atoms with Crippen LogP contribution in [0.4, 0.5) is 51.2 Å². The van der Waals surface area contributed by atoms with Gasteiger partial charge in [-0.1, -0.05) is 341 Å². The van der Waals surface area contributed by atoms with Crippen LogP contribution in [0.1, 0.15) is 155 Å². The maximum absolute atomic E-state index is 2.61. The van der Waals surface area contributed by atoms with Gasteiger partial charge in [0.15, 0.2) is 0 Å². The minimum absolute atomic E-state index is 0.103. The number of para-hydroxylation sites is 4. The van der Waals surface area contributed by atoms with Crippen molar-refractivity contribution in [3.05, 3.63) is 481 Å². The SMILES string of the molecule is CC1(C)c2ccccc2-c2ccc(N(c3cccc(-n4c5ccccc5c5ccccc54)c3)c3cccc4c3-c3ccccc3C43C4CC5CC(C4)CC3C5)cc21.c1ccc(-c2ccc(N(c3ccccc3)c3cccc4c3-c3ccccc3C43C4CC5CC(C4)CC3C5)c3ccccc23)cc1.c1ccc(N(c2cccc(-c3ccc4ccccc4c3)c2)c2cccc3c2-c2ccccc2C32C3CC4CC(C3)CC2C4)cc1. The number of fused-ring (bicyclic) bond motifs is 17. The quantitative estimate of drug-likeness (QED) is 0.121. The number of rotatable bonds is 12. The first-order valence-electron chi connectivity index (χ1n) is 55.3. The number of aromatic nitrogens is 1. The first-order valence-corrected chi connectivity index (χ1v) is 55.3. The molecule has 0 N–H and O–H groups in total. The molecule has 147 heavy (non-hydrogen) atoms. The largest absolute Gasteiger partial charge is 0.310 e. The van der Waals surface area contributed by atoms with Crippen molar-refractivity contribution in [3.63, 3.8) is 0 Å². The zero-order valence-corrected chi connectivity index (χ0v) is 83.9. The third-order valence-corrected chi connectivity index (χ3v) is 39.6. The highest BCUT2D eigenvalue weighted by Crippen LogP contribution is 2.75. The highest BCUT2D eigenvalue weighted by Gasteiger charge is 2.66. The molecule has 712 valence electrons. The average Bonchev–Trinajstić information content (AvgIpc) is 1.52. The van der Waals surface area contributed by atoms with Crippen LogP contribution < -0.4 is 14.7 Å². The summed E-state index contributed by atoms with van der Waals surface area (Å²) in [5.41, 5.74) is 44.0. The van der Waals surface area contributed by atoms with E-state index >= 15 is 0 Å². The Hall–Kier alpha value is -15.1. The van der Waals surface area contributed by atoms with Crippen LogP contribution >= 0.6 is 0 Å². The molecule has 0 saturated heterocycles. The van der Waals surface area contributed by atoms with Gasteiger partial charge in [0, 0.05) is 88.6 Å². The van der Waals surface area contributed by atoms with E-state index in [0.29, 0.717) is 0 Å². The Kier molecular flexibility index (Phi) is 19.5. The Morgan fingerprint density at radius 2 is 0.544 bits per heavy atom. The monoisotopic (exact) mass is 1890 g/mol. The average molecular weight is 1890 g/mol. The van der Waals surface area contributed by atoms with Crippen molar-refractivity contribution < 1.29 is 0 Å². The molecule has 0 radical (unpaired) electrons. The third-order valence-electron chi connectivity index (χ3n) is 39.6. The molecule has 0 unspecified atom stereocenters. The minimum Gasteiger partial charge on any atom is -0.310 e. The first-order chi connectivity index (χ1) is 72.6. The zero-order valence-electron chi connectivity index (χ0n) is 83.9. The van der Waals surface area contributed by atoms with Crippen molar-refractivity contribution in [2.24, 2.45) is 71.0 Å². The Morgan fingerprint density at radius 1 is 0.197 bits per heavy atom. The van der Waals surface area contributed by atoms with Gasteiger partial charge in [0.1, 0.15) is 0 Å². The summed E-state index contributed by atoms with van der Waals surface area (Å²) in [7, 11) is 0. The lowest BCUT2D eigenvalue weighted by Gasteiger charge is -2.61. The second kappa shape index (κ2) is 33.2. The number of anilines is 9. The molecule has 12 bridgehead atoms. The van der Waals surface area contributed by atoms with Gasteiger partial charge in [0.2, 0.25) is 0 Å². The molecule has 16 aliphatic rings. The number of nitrogens with zero attached hydrogens (tertiary/aromatic N) is 4. The fraction of sp³-hybridized carbons (Fsp3) is 0.231. The summed E-state index contributed by atoms with van der Waals surface area (Å²) in [5.74, 6) is 10.0. The molecule has 0 amide bonds. The van der Waals surface area contributed by atoms with Crippen molar-refractivity contribution in [2.45, 2.75) is 132 Å². The summed E-state index contributed by atoms with van der Waals surface area (Å²) in [6, 6.07) is 165. The van der Waals surface area contributed by atoms with Crippen LogP contribution in [-0.4, -0.2) is 4.57 Å². The Balaban J connectivity index is 0.000000101. The van der Waals surface area contributed by atoms with Crippen LogP contribution in [0.25, 0.3) is 116 Å². The van der Waals surface area contributed by atoms with E-state index in [1.54, 1.807) is 33.4 Å². The van der Waals surface area contributed by atoms with E-state index < -0.39 is 0 Å². The van der Waals surface area contributed by atoms with Gasteiger partial charge in [0.25, 0.3) is 0 Å². The van der Waals surface area contributed by atoms with Crippen LogP contribution in [0.15, 0.2) is 437 Å². The number of hydrogen-bond donors (Lipinski definition) is 0. The third kappa shape index (κ3) is 12.7. The molecule has 12 fully saturated rings. The summed E-state index contributed by atoms with van der Waals surface area (Å²) in [6.45, 7) is 4.81. The highest BCUT2D eigenvalue weighted by molar-refractivity contribution is 6.11. The van der Waals surface area contributed by atoms with Gasteiger partial charge in [-0.05, 0) is 387 Å². The molecular formula is C143H120N4. The predicted molar refractivity (Wildman–Crippen MR) is 611 cm³/mol. The highest BCUT2D eigenvalue weighted by atomic mass is 15.2. The maximum Gasteiger partial charge on any atom is 0.0543 e. The Labute approximate surface area is 864 Å². The summed E-state index contributed by atoms with van der Waals surface area (Å²) >= 11 is 0. The molecular weight excluding hydrogens is 1770 g/mol. The van der Waals surface area contributed by atoms with E-state index in [1.165, 1.54) is 274 Å². The molecule has 12 saturated carbocycles. The van der Waals surface area contributed by atoms with Crippen molar-refractivity contribution in [1.29, 1.82) is 0 Å². The molecule has 1 heterocycles. The minimum atomic E-state index is -0.103. The molecule has 36 rings (SSSR count). The Morgan fingerprint density at radius 3 is 1.05 bits per heavy atom. The normalized spacial score (nSPS) is 24.9. The molecule has 0 atom stereocenters. The molecule has 19 aromatic carbocycles.